The van der Waals surface area contributed by atoms with Gasteiger partial charge in [-0.1, -0.05) is 13.8 Å². The Kier molecular flexibility index (Phi) is 4.11. The minimum Gasteiger partial charge on any atom is -0.387 e. The van der Waals surface area contributed by atoms with Gasteiger partial charge in [0.05, 0.1) is 25.6 Å². The standard InChI is InChI=1S/C27H41NO3/c1-25-12-13-27(30,18-31-3)16-19(25)6-7-20-21-8-9-23(26(21,2)11-10-22(20)25)24(29)17-28-14-4-5-15-28/h4-5,14-15,19-23,30H,6-13,16-18H2,1-3H3/t19-,20-,21-,22-,23+,25-,26-,27+/m0/s1/i4D,14D,15D,18D2. The number of carbonyl (C=O) groups excluding carboxylic acids is 1. The molecule has 1 N–H and O–H groups in total. The van der Waals surface area contributed by atoms with E-state index < -0.39 is 12.2 Å². The summed E-state index contributed by atoms with van der Waals surface area (Å²) in [6.45, 7) is 2.62. The highest BCUT2D eigenvalue weighted by Crippen LogP contribution is 2.68. The molecule has 0 radical (unpaired) electrons. The normalized spacial score (nSPS) is 49.5. The third kappa shape index (κ3) is 3.44. The van der Waals surface area contributed by atoms with E-state index in [1.807, 2.05) is 0 Å². The lowest BCUT2D eigenvalue weighted by molar-refractivity contribution is -0.164. The maximum absolute atomic E-state index is 13.5. The summed E-state index contributed by atoms with van der Waals surface area (Å²) in [6, 6.07) is 1.33. The average molecular weight is 433 g/mol. The maximum Gasteiger partial charge on any atom is 0.156 e. The van der Waals surface area contributed by atoms with Crippen LogP contribution in [0.3, 0.4) is 0 Å². The molecule has 0 bridgehead atoms. The molecule has 4 aliphatic carbocycles. The molecule has 1 aromatic rings. The highest BCUT2D eigenvalue weighted by Gasteiger charge is 2.62. The number of carbonyl (C=O) groups is 1. The summed E-state index contributed by atoms with van der Waals surface area (Å²) in [5, 5.41) is 11.2. The first-order chi connectivity index (χ1) is 16.8. The van der Waals surface area contributed by atoms with Gasteiger partial charge in [0.1, 0.15) is 0 Å². The van der Waals surface area contributed by atoms with Crippen LogP contribution in [0.5, 0.6) is 0 Å². The van der Waals surface area contributed by atoms with Crippen molar-refractivity contribution in [2.75, 3.05) is 13.7 Å². The summed E-state index contributed by atoms with van der Waals surface area (Å²) in [5.74, 6) is 1.82. The van der Waals surface area contributed by atoms with Gasteiger partial charge >= 0.3 is 0 Å². The predicted molar refractivity (Wildman–Crippen MR) is 121 cm³/mol. The van der Waals surface area contributed by atoms with Gasteiger partial charge in [-0.25, -0.2) is 0 Å². The molecule has 0 aromatic carbocycles. The van der Waals surface area contributed by atoms with Gasteiger partial charge in [0.15, 0.2) is 5.78 Å². The fraction of sp³-hybridized carbons (Fsp3) is 0.815. The number of hydrogen-bond acceptors (Lipinski definition) is 3. The van der Waals surface area contributed by atoms with E-state index in [-0.39, 0.29) is 53.4 Å². The van der Waals surface area contributed by atoms with Gasteiger partial charge in [-0.3, -0.25) is 4.79 Å². The van der Waals surface area contributed by atoms with Crippen LogP contribution < -0.4 is 0 Å². The predicted octanol–water partition coefficient (Wildman–Crippen LogP) is 5.09. The molecule has 172 valence electrons. The second-order valence-corrected chi connectivity index (χ2v) is 11.5. The SMILES string of the molecule is [2H]c1cc([2H])n(CC(=O)[C@H]2CC[C@H]3[C@@H]4CC[C@H]5C[C@@](O)(C([2H])([2H])OC)CC[C@]5(C)[C@H]4CC[C@]23C)c1[2H]. The highest BCUT2D eigenvalue weighted by molar-refractivity contribution is 5.82. The van der Waals surface area contributed by atoms with Crippen molar-refractivity contribution in [1.82, 2.24) is 4.57 Å². The molecule has 0 spiro atoms. The van der Waals surface area contributed by atoms with Gasteiger partial charge in [0.25, 0.3) is 0 Å². The summed E-state index contributed by atoms with van der Waals surface area (Å²) < 4.78 is 46.8. The molecule has 0 saturated heterocycles. The quantitative estimate of drug-likeness (QED) is 0.705. The Morgan fingerprint density at radius 3 is 2.68 bits per heavy atom. The zero-order chi connectivity index (χ0) is 26.3. The largest absolute Gasteiger partial charge is 0.387 e. The Balaban J connectivity index is 1.34. The number of Topliss-reactive ketones (excluding diaryl/α,β-unsaturated/α-hetero) is 1. The Morgan fingerprint density at radius 2 is 1.94 bits per heavy atom. The topological polar surface area (TPSA) is 51.5 Å². The Morgan fingerprint density at radius 1 is 1.13 bits per heavy atom. The summed E-state index contributed by atoms with van der Waals surface area (Å²) in [6.07, 6.45) is 7.61. The molecule has 1 aromatic heterocycles. The van der Waals surface area contributed by atoms with Gasteiger partial charge < -0.3 is 14.4 Å². The molecule has 0 amide bonds. The number of aliphatic hydroxyl groups is 1. The molecule has 4 aliphatic rings. The molecule has 0 unspecified atom stereocenters. The van der Waals surface area contributed by atoms with Gasteiger partial charge in [-0.15, -0.1) is 0 Å². The van der Waals surface area contributed by atoms with E-state index >= 15 is 0 Å². The van der Waals surface area contributed by atoms with Crippen LogP contribution in [0.2, 0.25) is 0 Å². The Hall–Kier alpha value is -1.13. The molecule has 1 heterocycles. The minimum absolute atomic E-state index is 0.00761. The van der Waals surface area contributed by atoms with Crippen LogP contribution in [0.15, 0.2) is 24.5 Å². The first-order valence-electron chi connectivity index (χ1n) is 14.7. The minimum atomic E-state index is -2.05. The van der Waals surface area contributed by atoms with Crippen LogP contribution in [0, 0.1) is 40.4 Å². The van der Waals surface area contributed by atoms with Crippen molar-refractivity contribution >= 4 is 5.78 Å². The number of methoxy groups -OCH3 is 1. The molecule has 4 heteroatoms. The molecule has 0 aliphatic heterocycles. The summed E-state index contributed by atoms with van der Waals surface area (Å²) in [4.78, 5) is 13.5. The lowest BCUT2D eigenvalue weighted by Crippen LogP contribution is -2.56. The van der Waals surface area contributed by atoms with Crippen LogP contribution in [0.4, 0.5) is 0 Å². The second kappa shape index (κ2) is 7.73. The molecule has 31 heavy (non-hydrogen) atoms. The van der Waals surface area contributed by atoms with Gasteiger partial charge in [0, 0.05) is 25.4 Å². The lowest BCUT2D eigenvalue weighted by atomic mass is 9.44. The van der Waals surface area contributed by atoms with Gasteiger partial charge in [-0.05, 0) is 104 Å². The third-order valence-corrected chi connectivity index (χ3v) is 10.2. The van der Waals surface area contributed by atoms with E-state index in [0.29, 0.717) is 30.6 Å². The van der Waals surface area contributed by atoms with Crippen LogP contribution in [0.25, 0.3) is 0 Å². The van der Waals surface area contributed by atoms with E-state index in [1.165, 1.54) is 17.7 Å². The first kappa shape index (κ1) is 16.5. The smallest absolute Gasteiger partial charge is 0.156 e. The van der Waals surface area contributed by atoms with E-state index in [2.05, 4.69) is 13.8 Å². The van der Waals surface area contributed by atoms with Gasteiger partial charge in [0.2, 0.25) is 0 Å². The molecule has 4 nitrogen and oxygen atoms in total. The number of nitrogens with zero attached hydrogens (tertiary/aromatic N) is 1. The summed E-state index contributed by atoms with van der Waals surface area (Å²) >= 11 is 0. The zero-order valence-corrected chi connectivity index (χ0v) is 19.2. The average Bonchev–Trinajstić information content (AvgIpc) is 3.30. The van der Waals surface area contributed by atoms with Crippen molar-refractivity contribution in [1.29, 1.82) is 0 Å². The molecule has 4 fully saturated rings. The number of ether oxygens (including phenoxy) is 1. The number of aromatic nitrogens is 1. The molecule has 5 rings (SSSR count). The molecular weight excluding hydrogens is 386 g/mol. The van der Waals surface area contributed by atoms with Crippen LogP contribution in [0.1, 0.15) is 78.5 Å². The monoisotopic (exact) mass is 432 g/mol. The Labute approximate surface area is 194 Å². The van der Waals surface area contributed by atoms with E-state index in [1.54, 1.807) is 0 Å². The fourth-order valence-electron chi connectivity index (χ4n) is 8.66. The van der Waals surface area contributed by atoms with Crippen molar-refractivity contribution in [3.63, 3.8) is 0 Å². The number of rotatable bonds is 5. The van der Waals surface area contributed by atoms with Crippen molar-refractivity contribution in [2.24, 2.45) is 40.4 Å². The summed E-state index contributed by atoms with van der Waals surface area (Å²) in [7, 11) is 1.33. The molecule has 8 atom stereocenters. The van der Waals surface area contributed by atoms with Crippen molar-refractivity contribution < 1.29 is 21.5 Å². The third-order valence-electron chi connectivity index (χ3n) is 10.2. The molecule has 4 saturated carbocycles. The zero-order valence-electron chi connectivity index (χ0n) is 24.2. The number of fused-ring (bicyclic) bond motifs is 5. The first-order valence-corrected chi connectivity index (χ1v) is 12.2. The molecular formula is C27H41NO3. The van der Waals surface area contributed by atoms with Crippen LogP contribution in [-0.4, -0.2) is 34.7 Å². The Bertz CT molecular complexity index is 1040. The second-order valence-electron chi connectivity index (χ2n) is 11.5. The van der Waals surface area contributed by atoms with Crippen molar-refractivity contribution in [3.8, 4) is 0 Å². The van der Waals surface area contributed by atoms with E-state index in [4.69, 9.17) is 11.6 Å². The lowest BCUT2D eigenvalue weighted by Gasteiger charge is -2.62. The maximum atomic E-state index is 13.5. The van der Waals surface area contributed by atoms with Crippen molar-refractivity contribution in [2.45, 2.75) is 83.8 Å². The van der Waals surface area contributed by atoms with Gasteiger partial charge in [-0.2, -0.15) is 0 Å². The fourth-order valence-corrected chi connectivity index (χ4v) is 8.66. The summed E-state index contributed by atoms with van der Waals surface area (Å²) in [5.41, 5.74) is -1.46. The highest BCUT2D eigenvalue weighted by atomic mass is 16.5. The van der Waals surface area contributed by atoms with E-state index in [9.17, 15) is 9.90 Å². The van der Waals surface area contributed by atoms with Crippen LogP contribution in [-0.2, 0) is 16.1 Å². The number of hydrogen-bond donors (Lipinski definition) is 1. The van der Waals surface area contributed by atoms with E-state index in [0.717, 1.165) is 44.9 Å². The van der Waals surface area contributed by atoms with Crippen molar-refractivity contribution in [3.05, 3.63) is 24.5 Å². The van der Waals surface area contributed by atoms with Crippen LogP contribution >= 0.6 is 0 Å². The number of ketones is 1.